The Kier molecular flexibility index (Phi) is 5.99. The zero-order valence-electron chi connectivity index (χ0n) is 16.0. The van der Waals surface area contributed by atoms with Crippen molar-refractivity contribution in [2.24, 2.45) is 0 Å². The number of aryl methyl sites for hydroxylation is 1. The molecule has 3 rings (SSSR count). The molecular formula is C21H21ClN2O4. The molecule has 0 aliphatic rings. The van der Waals surface area contributed by atoms with Gasteiger partial charge >= 0.3 is 5.97 Å². The highest BCUT2D eigenvalue weighted by molar-refractivity contribution is 6.35. The van der Waals surface area contributed by atoms with E-state index in [4.69, 9.17) is 16.3 Å². The monoisotopic (exact) mass is 400 g/mol. The number of fused-ring (bicyclic) bond motifs is 1. The van der Waals surface area contributed by atoms with Crippen molar-refractivity contribution < 1.29 is 19.1 Å². The van der Waals surface area contributed by atoms with Gasteiger partial charge in [-0.2, -0.15) is 0 Å². The molecule has 6 nitrogen and oxygen atoms in total. The molecule has 2 aromatic heterocycles. The molecule has 0 saturated heterocycles. The van der Waals surface area contributed by atoms with E-state index in [1.54, 1.807) is 24.4 Å². The molecule has 0 saturated carbocycles. The summed E-state index contributed by atoms with van der Waals surface area (Å²) in [7, 11) is 1.36. The van der Waals surface area contributed by atoms with Gasteiger partial charge in [0.2, 0.25) is 5.78 Å². The van der Waals surface area contributed by atoms with Crippen LogP contribution in [0, 0.1) is 13.8 Å². The van der Waals surface area contributed by atoms with Crippen LogP contribution in [0.1, 0.15) is 28.2 Å². The van der Waals surface area contributed by atoms with E-state index < -0.39 is 0 Å². The smallest absolute Gasteiger partial charge is 0.307 e. The predicted octanol–water partition coefficient (Wildman–Crippen LogP) is 4.13. The number of benzene rings is 1. The molecule has 0 unspecified atom stereocenters. The van der Waals surface area contributed by atoms with Crippen LogP contribution in [-0.2, 0) is 16.1 Å². The number of methoxy groups -OCH3 is 1. The average molecular weight is 401 g/mol. The Hall–Kier alpha value is -2.86. The maximum absolute atomic E-state index is 12.7. The lowest BCUT2D eigenvalue weighted by atomic mass is 10.1. The number of hydrogen-bond donors (Lipinski definition) is 0. The molecule has 1 aromatic carbocycles. The highest BCUT2D eigenvalue weighted by Gasteiger charge is 2.17. The molecule has 0 amide bonds. The van der Waals surface area contributed by atoms with Crippen LogP contribution in [-0.4, -0.2) is 35.0 Å². The summed E-state index contributed by atoms with van der Waals surface area (Å²) in [5, 5.41) is 1.35. The lowest BCUT2D eigenvalue weighted by molar-refractivity contribution is -0.140. The van der Waals surface area contributed by atoms with Crippen molar-refractivity contribution in [3.8, 4) is 5.75 Å². The van der Waals surface area contributed by atoms with E-state index in [-0.39, 0.29) is 24.8 Å². The Morgan fingerprint density at radius 2 is 2.00 bits per heavy atom. The lowest BCUT2D eigenvalue weighted by Crippen LogP contribution is -2.14. The van der Waals surface area contributed by atoms with Crippen LogP contribution >= 0.6 is 11.6 Å². The molecule has 0 atom stereocenters. The van der Waals surface area contributed by atoms with E-state index in [9.17, 15) is 9.59 Å². The van der Waals surface area contributed by atoms with E-state index in [0.29, 0.717) is 28.4 Å². The molecule has 146 valence electrons. The minimum atomic E-state index is -0.286. The summed E-state index contributed by atoms with van der Waals surface area (Å²) in [6, 6.07) is 8.91. The zero-order valence-corrected chi connectivity index (χ0v) is 16.7. The average Bonchev–Trinajstić information content (AvgIpc) is 2.99. The van der Waals surface area contributed by atoms with Crippen LogP contribution in [0.25, 0.3) is 10.9 Å². The summed E-state index contributed by atoms with van der Waals surface area (Å²) < 4.78 is 12.4. The fourth-order valence-corrected chi connectivity index (χ4v) is 3.40. The third-order valence-corrected chi connectivity index (χ3v) is 5.01. The van der Waals surface area contributed by atoms with Crippen molar-refractivity contribution in [3.63, 3.8) is 0 Å². The highest BCUT2D eigenvalue weighted by atomic mass is 35.5. The Balaban J connectivity index is 1.76. The van der Waals surface area contributed by atoms with Gasteiger partial charge in [0, 0.05) is 35.1 Å². The van der Waals surface area contributed by atoms with Crippen LogP contribution in [0.5, 0.6) is 5.75 Å². The van der Waals surface area contributed by atoms with Gasteiger partial charge in [-0.3, -0.25) is 14.6 Å². The molecule has 0 aliphatic carbocycles. The topological polar surface area (TPSA) is 70.4 Å². The molecule has 0 radical (unpaired) electrons. The van der Waals surface area contributed by atoms with Crippen molar-refractivity contribution in [1.82, 2.24) is 9.55 Å². The van der Waals surface area contributed by atoms with Gasteiger partial charge in [-0.25, -0.2) is 0 Å². The number of nitrogens with zero attached hydrogens (tertiary/aromatic N) is 2. The quantitative estimate of drug-likeness (QED) is 0.440. The van der Waals surface area contributed by atoms with E-state index in [1.807, 2.05) is 30.5 Å². The first-order valence-corrected chi connectivity index (χ1v) is 9.23. The summed E-state index contributed by atoms with van der Waals surface area (Å²) >= 11 is 6.19. The van der Waals surface area contributed by atoms with Gasteiger partial charge in [-0.05, 0) is 44.2 Å². The van der Waals surface area contributed by atoms with Crippen LogP contribution in [0.3, 0.4) is 0 Å². The first-order chi connectivity index (χ1) is 13.4. The molecule has 3 aromatic rings. The molecule has 0 aliphatic heterocycles. The van der Waals surface area contributed by atoms with Gasteiger partial charge < -0.3 is 14.0 Å². The molecule has 0 bridgehead atoms. The number of rotatable bonds is 7. The molecule has 0 fully saturated rings. The molecular weight excluding hydrogens is 380 g/mol. The molecule has 0 N–H and O–H groups in total. The van der Waals surface area contributed by atoms with Crippen molar-refractivity contribution >= 4 is 34.3 Å². The second-order valence-corrected chi connectivity index (χ2v) is 6.83. The third-order valence-electron chi connectivity index (χ3n) is 4.68. The maximum atomic E-state index is 12.7. The Morgan fingerprint density at radius 3 is 2.75 bits per heavy atom. The zero-order chi connectivity index (χ0) is 20.3. The van der Waals surface area contributed by atoms with Crippen molar-refractivity contribution in [2.75, 3.05) is 13.7 Å². The summed E-state index contributed by atoms with van der Waals surface area (Å²) in [6.07, 6.45) is 1.90. The molecule has 7 heteroatoms. The summed E-state index contributed by atoms with van der Waals surface area (Å²) in [6.45, 7) is 4.11. The summed E-state index contributed by atoms with van der Waals surface area (Å²) in [5.41, 5.74) is 2.90. The molecule has 0 spiro atoms. The van der Waals surface area contributed by atoms with Gasteiger partial charge in [0.25, 0.3) is 0 Å². The predicted molar refractivity (Wildman–Crippen MR) is 107 cm³/mol. The number of ether oxygens (including phenoxy) is 2. The molecule has 28 heavy (non-hydrogen) atoms. The second kappa shape index (κ2) is 8.44. The van der Waals surface area contributed by atoms with Crippen LogP contribution in [0.4, 0.5) is 0 Å². The van der Waals surface area contributed by atoms with E-state index in [0.717, 1.165) is 16.8 Å². The number of aromatic nitrogens is 2. The summed E-state index contributed by atoms with van der Waals surface area (Å²) in [5.74, 6) is 0.0788. The Labute approximate surface area is 168 Å². The minimum Gasteiger partial charge on any atom is -0.483 e. The van der Waals surface area contributed by atoms with Crippen LogP contribution < -0.4 is 4.74 Å². The third kappa shape index (κ3) is 4.02. The van der Waals surface area contributed by atoms with Gasteiger partial charge in [0.1, 0.15) is 11.3 Å². The van der Waals surface area contributed by atoms with E-state index in [1.165, 1.54) is 7.11 Å². The molecule has 2 heterocycles. The van der Waals surface area contributed by atoms with Gasteiger partial charge in [-0.1, -0.05) is 11.6 Å². The van der Waals surface area contributed by atoms with Crippen molar-refractivity contribution in [3.05, 3.63) is 58.5 Å². The first kappa shape index (κ1) is 19.9. The van der Waals surface area contributed by atoms with Crippen molar-refractivity contribution in [2.45, 2.75) is 26.8 Å². The lowest BCUT2D eigenvalue weighted by Gasteiger charge is -2.10. The van der Waals surface area contributed by atoms with E-state index in [2.05, 4.69) is 9.72 Å². The Morgan fingerprint density at radius 1 is 1.21 bits per heavy atom. The number of hydrogen-bond acceptors (Lipinski definition) is 5. The van der Waals surface area contributed by atoms with Crippen LogP contribution in [0.15, 0.2) is 36.5 Å². The standard InChI is InChI=1S/C21H21ClN2O4/c1-13-11-16(14(2)24(13)10-8-20(26)27-3)18(25)12-28-19-7-6-17(22)15-5-4-9-23-21(15)19/h4-7,9,11H,8,10,12H2,1-3H3. The maximum Gasteiger partial charge on any atom is 0.307 e. The number of esters is 1. The number of ketones is 1. The number of pyridine rings is 1. The summed E-state index contributed by atoms with van der Waals surface area (Å²) in [4.78, 5) is 28.4. The normalized spacial score (nSPS) is 10.9. The second-order valence-electron chi connectivity index (χ2n) is 6.42. The SMILES string of the molecule is COC(=O)CCn1c(C)cc(C(=O)COc2ccc(Cl)c3cccnc23)c1C. The first-order valence-electron chi connectivity index (χ1n) is 8.85. The van der Waals surface area contributed by atoms with Crippen molar-refractivity contribution in [1.29, 1.82) is 0 Å². The number of halogens is 1. The fraction of sp³-hybridized carbons (Fsp3) is 0.286. The number of carbonyl (C=O) groups is 2. The highest BCUT2D eigenvalue weighted by Crippen LogP contribution is 2.29. The number of carbonyl (C=O) groups excluding carboxylic acids is 2. The largest absolute Gasteiger partial charge is 0.483 e. The van der Waals surface area contributed by atoms with Crippen LogP contribution in [0.2, 0.25) is 5.02 Å². The van der Waals surface area contributed by atoms with E-state index >= 15 is 0 Å². The number of Topliss-reactive ketones (excluding diaryl/α,β-unsaturated/α-hetero) is 1. The minimum absolute atomic E-state index is 0.116. The van der Waals surface area contributed by atoms with Gasteiger partial charge in [-0.15, -0.1) is 0 Å². The Bertz CT molecular complexity index is 1040. The van der Waals surface area contributed by atoms with Gasteiger partial charge in [0.15, 0.2) is 6.61 Å². The van der Waals surface area contributed by atoms with Gasteiger partial charge in [0.05, 0.1) is 18.6 Å². The fourth-order valence-electron chi connectivity index (χ4n) is 3.18.